The van der Waals surface area contributed by atoms with Crippen molar-refractivity contribution in [3.63, 3.8) is 0 Å². The first-order valence-electron chi connectivity index (χ1n) is 12.0. The largest absolute Gasteiger partial charge is 0.295 e. The second-order valence-electron chi connectivity index (χ2n) is 9.55. The first-order valence-corrected chi connectivity index (χ1v) is 12.0. The highest BCUT2D eigenvalue weighted by Gasteiger charge is 2.32. The summed E-state index contributed by atoms with van der Waals surface area (Å²) in [5.41, 5.74) is 11.2. The molecule has 1 unspecified atom stereocenters. The van der Waals surface area contributed by atoms with E-state index in [2.05, 4.69) is 52.4 Å². The lowest BCUT2D eigenvalue weighted by Gasteiger charge is -2.20. The SMILES string of the molecule is Cc1cc(C2=NNC(=O)CC2C)cc2c1nc(C1CC1)n2-c1ccccc1-c1ccccc1C#N. The maximum Gasteiger partial charge on any atom is 0.240 e. The van der Waals surface area contributed by atoms with Crippen LogP contribution in [-0.4, -0.2) is 21.2 Å². The number of hydrogen-bond donors (Lipinski definition) is 1. The summed E-state index contributed by atoms with van der Waals surface area (Å²) < 4.78 is 2.28. The lowest BCUT2D eigenvalue weighted by atomic mass is 9.93. The standard InChI is InChI=1S/C29H25N5O/c1-17-13-21(27-18(2)14-26(35)32-33-27)15-25-28(17)31-29(19-11-12-19)34(25)24-10-6-5-9-23(24)22-8-4-3-7-20(22)16-30/h3-10,13,15,18-19H,11-12,14H2,1-2H3,(H,32,35). The monoisotopic (exact) mass is 459 g/mol. The van der Waals surface area contributed by atoms with Crippen LogP contribution in [-0.2, 0) is 4.79 Å². The number of nitrogens with one attached hydrogen (secondary N) is 1. The number of hydrazone groups is 1. The number of hydrogen-bond acceptors (Lipinski definition) is 4. The Hall–Kier alpha value is -4.24. The number of benzene rings is 3. The summed E-state index contributed by atoms with van der Waals surface area (Å²) in [5, 5.41) is 14.2. The van der Waals surface area contributed by atoms with Crippen molar-refractivity contribution in [2.45, 2.75) is 39.0 Å². The lowest BCUT2D eigenvalue weighted by molar-refractivity contribution is -0.121. The third-order valence-corrected chi connectivity index (χ3v) is 6.96. The molecule has 1 fully saturated rings. The molecule has 172 valence electrons. The Morgan fingerprint density at radius 2 is 1.80 bits per heavy atom. The molecule has 4 aromatic rings. The maximum absolute atomic E-state index is 11.8. The minimum absolute atomic E-state index is 0.0367. The fraction of sp³-hybridized carbons (Fsp3) is 0.241. The van der Waals surface area contributed by atoms with Crippen LogP contribution in [0.1, 0.15) is 54.6 Å². The van der Waals surface area contributed by atoms with Crippen molar-refractivity contribution >= 4 is 22.7 Å². The molecule has 2 heterocycles. The summed E-state index contributed by atoms with van der Waals surface area (Å²) >= 11 is 0. The minimum Gasteiger partial charge on any atom is -0.295 e. The van der Waals surface area contributed by atoms with E-state index in [1.807, 2.05) is 43.3 Å². The van der Waals surface area contributed by atoms with Crippen molar-refractivity contribution in [3.05, 3.63) is 83.2 Å². The number of carbonyl (C=O) groups excluding carboxylic acids is 1. The van der Waals surface area contributed by atoms with Gasteiger partial charge in [0.1, 0.15) is 5.82 Å². The average molecular weight is 460 g/mol. The molecule has 1 atom stereocenters. The molecule has 35 heavy (non-hydrogen) atoms. The Labute approximate surface area is 203 Å². The summed E-state index contributed by atoms with van der Waals surface area (Å²) in [7, 11) is 0. The quantitative estimate of drug-likeness (QED) is 0.431. The predicted octanol–water partition coefficient (Wildman–Crippen LogP) is 5.61. The van der Waals surface area contributed by atoms with Gasteiger partial charge in [-0.2, -0.15) is 10.4 Å². The van der Waals surface area contributed by atoms with E-state index in [1.165, 1.54) is 0 Å². The molecule has 6 rings (SSSR count). The summed E-state index contributed by atoms with van der Waals surface area (Å²) in [4.78, 5) is 17.0. The topological polar surface area (TPSA) is 83.1 Å². The zero-order chi connectivity index (χ0) is 24.1. The second kappa shape index (κ2) is 8.21. The van der Waals surface area contributed by atoms with Crippen LogP contribution in [0.4, 0.5) is 0 Å². The van der Waals surface area contributed by atoms with Gasteiger partial charge in [-0.1, -0.05) is 43.3 Å². The number of carbonyl (C=O) groups is 1. The molecule has 1 aliphatic heterocycles. The second-order valence-corrected chi connectivity index (χ2v) is 9.55. The number of amides is 1. The molecule has 0 bridgehead atoms. The van der Waals surface area contributed by atoms with Gasteiger partial charge in [-0.25, -0.2) is 10.4 Å². The van der Waals surface area contributed by atoms with Crippen LogP contribution in [0.3, 0.4) is 0 Å². The summed E-state index contributed by atoms with van der Waals surface area (Å²) in [5.74, 6) is 1.48. The van der Waals surface area contributed by atoms with Gasteiger partial charge in [0, 0.05) is 34.9 Å². The van der Waals surface area contributed by atoms with Crippen LogP contribution in [0.25, 0.3) is 27.8 Å². The average Bonchev–Trinajstić information content (AvgIpc) is 3.64. The van der Waals surface area contributed by atoms with Gasteiger partial charge >= 0.3 is 0 Å². The zero-order valence-electron chi connectivity index (χ0n) is 19.7. The Bertz CT molecular complexity index is 1570. The van der Waals surface area contributed by atoms with Crippen molar-refractivity contribution in [3.8, 4) is 22.9 Å². The molecule has 1 aromatic heterocycles. The number of aryl methyl sites for hydroxylation is 1. The molecule has 3 aromatic carbocycles. The van der Waals surface area contributed by atoms with Crippen molar-refractivity contribution < 1.29 is 4.79 Å². The van der Waals surface area contributed by atoms with Crippen LogP contribution in [0.5, 0.6) is 0 Å². The Morgan fingerprint density at radius 1 is 1.06 bits per heavy atom. The van der Waals surface area contributed by atoms with Gasteiger partial charge in [0.15, 0.2) is 0 Å². The smallest absolute Gasteiger partial charge is 0.240 e. The van der Waals surface area contributed by atoms with Gasteiger partial charge in [-0.15, -0.1) is 0 Å². The first-order chi connectivity index (χ1) is 17.0. The summed E-state index contributed by atoms with van der Waals surface area (Å²) in [6.45, 7) is 4.13. The molecule has 2 aliphatic rings. The third-order valence-electron chi connectivity index (χ3n) is 6.96. The molecule has 0 radical (unpaired) electrons. The normalized spacial score (nSPS) is 17.7. The first kappa shape index (κ1) is 21.3. The van der Waals surface area contributed by atoms with Gasteiger partial charge in [-0.05, 0) is 49.6 Å². The number of fused-ring (bicyclic) bond motifs is 1. The van der Waals surface area contributed by atoms with Gasteiger partial charge < -0.3 is 0 Å². The van der Waals surface area contributed by atoms with Gasteiger partial charge in [0.25, 0.3) is 0 Å². The highest BCUT2D eigenvalue weighted by atomic mass is 16.2. The highest BCUT2D eigenvalue weighted by Crippen LogP contribution is 2.44. The lowest BCUT2D eigenvalue weighted by Crippen LogP contribution is -2.32. The number of imidazole rings is 1. The van der Waals surface area contributed by atoms with Crippen molar-refractivity contribution in [1.82, 2.24) is 15.0 Å². The zero-order valence-corrected chi connectivity index (χ0v) is 19.7. The van der Waals surface area contributed by atoms with Crippen molar-refractivity contribution in [2.24, 2.45) is 11.0 Å². The Balaban J connectivity index is 1.62. The fourth-order valence-corrected chi connectivity index (χ4v) is 5.10. The molecule has 0 saturated heterocycles. The number of nitriles is 1. The molecule has 6 nitrogen and oxygen atoms in total. The predicted molar refractivity (Wildman–Crippen MR) is 136 cm³/mol. The van der Waals surface area contributed by atoms with Crippen LogP contribution in [0, 0.1) is 24.2 Å². The molecule has 0 spiro atoms. The van der Waals surface area contributed by atoms with E-state index < -0.39 is 0 Å². The van der Waals surface area contributed by atoms with Crippen molar-refractivity contribution in [2.75, 3.05) is 0 Å². The third kappa shape index (κ3) is 3.60. The van der Waals surface area contributed by atoms with Crippen LogP contribution < -0.4 is 5.43 Å². The fourth-order valence-electron chi connectivity index (χ4n) is 5.10. The van der Waals surface area contributed by atoms with E-state index in [-0.39, 0.29) is 11.8 Å². The van der Waals surface area contributed by atoms with Crippen molar-refractivity contribution in [1.29, 1.82) is 5.26 Å². The molecule has 1 saturated carbocycles. The molecule has 1 N–H and O–H groups in total. The molecular formula is C29H25N5O. The minimum atomic E-state index is -0.0507. The Morgan fingerprint density at radius 3 is 2.54 bits per heavy atom. The van der Waals surface area contributed by atoms with Gasteiger partial charge in [-0.3, -0.25) is 9.36 Å². The van der Waals surface area contributed by atoms with E-state index in [0.717, 1.165) is 63.4 Å². The summed E-state index contributed by atoms with van der Waals surface area (Å²) in [6.07, 6.45) is 2.68. The number of nitrogens with zero attached hydrogens (tertiary/aromatic N) is 4. The molecule has 6 heteroatoms. The highest BCUT2D eigenvalue weighted by molar-refractivity contribution is 6.07. The van der Waals surface area contributed by atoms with E-state index in [9.17, 15) is 10.1 Å². The number of para-hydroxylation sites is 1. The van der Waals surface area contributed by atoms with E-state index in [1.54, 1.807) is 0 Å². The molecule has 1 amide bonds. The molecular weight excluding hydrogens is 434 g/mol. The van der Waals surface area contributed by atoms with E-state index in [4.69, 9.17) is 4.98 Å². The van der Waals surface area contributed by atoms with E-state index >= 15 is 0 Å². The summed E-state index contributed by atoms with van der Waals surface area (Å²) in [6, 6.07) is 22.6. The molecule has 1 aliphatic carbocycles. The Kier molecular flexibility index (Phi) is 5.00. The van der Waals surface area contributed by atoms with Gasteiger partial charge in [0.05, 0.1) is 34.1 Å². The van der Waals surface area contributed by atoms with E-state index in [0.29, 0.717) is 17.9 Å². The van der Waals surface area contributed by atoms with Gasteiger partial charge in [0.2, 0.25) is 5.91 Å². The van der Waals surface area contributed by atoms with Crippen LogP contribution in [0.2, 0.25) is 0 Å². The number of aromatic nitrogens is 2. The number of rotatable bonds is 4. The van der Waals surface area contributed by atoms with Crippen LogP contribution in [0.15, 0.2) is 65.8 Å². The maximum atomic E-state index is 11.8. The van der Waals surface area contributed by atoms with Crippen LogP contribution >= 0.6 is 0 Å².